The summed E-state index contributed by atoms with van der Waals surface area (Å²) in [7, 11) is 0. The highest BCUT2D eigenvalue weighted by Gasteiger charge is 2.33. The maximum absolute atomic E-state index is 10.8. The Morgan fingerprint density at radius 1 is 1.22 bits per heavy atom. The lowest BCUT2D eigenvalue weighted by atomic mass is 9.68. The minimum Gasteiger partial charge on any atom is -0.480 e. The smallest absolute Gasteiger partial charge is 0.317 e. The van der Waals surface area contributed by atoms with Gasteiger partial charge in [-0.2, -0.15) is 0 Å². The summed E-state index contributed by atoms with van der Waals surface area (Å²) in [6.07, 6.45) is 6.06. The molecule has 1 fully saturated rings. The zero-order valence-electron chi connectivity index (χ0n) is 12.4. The van der Waals surface area contributed by atoms with Gasteiger partial charge in [-0.05, 0) is 43.6 Å². The van der Waals surface area contributed by atoms with E-state index in [1.54, 1.807) is 0 Å². The van der Waals surface area contributed by atoms with E-state index in [0.29, 0.717) is 11.5 Å². The van der Waals surface area contributed by atoms with Gasteiger partial charge < -0.3 is 5.11 Å². The zero-order valence-corrected chi connectivity index (χ0v) is 12.4. The van der Waals surface area contributed by atoms with Gasteiger partial charge in [0.1, 0.15) is 0 Å². The molecular formula is C15H29NO2. The van der Waals surface area contributed by atoms with E-state index in [0.717, 1.165) is 25.3 Å². The largest absolute Gasteiger partial charge is 0.480 e. The van der Waals surface area contributed by atoms with E-state index in [9.17, 15) is 4.79 Å². The van der Waals surface area contributed by atoms with Gasteiger partial charge in [0, 0.05) is 6.04 Å². The van der Waals surface area contributed by atoms with Crippen LogP contribution in [0, 0.1) is 11.3 Å². The lowest BCUT2D eigenvalue weighted by molar-refractivity contribution is -0.139. The second kappa shape index (κ2) is 6.55. The molecule has 0 amide bonds. The molecule has 0 aliphatic heterocycles. The number of hydrogen-bond acceptors (Lipinski definition) is 2. The van der Waals surface area contributed by atoms with Gasteiger partial charge in [-0.25, -0.2) is 0 Å². The van der Waals surface area contributed by atoms with E-state index < -0.39 is 5.97 Å². The first-order valence-corrected chi connectivity index (χ1v) is 7.36. The summed E-state index contributed by atoms with van der Waals surface area (Å²) in [4.78, 5) is 13.0. The summed E-state index contributed by atoms with van der Waals surface area (Å²) < 4.78 is 0. The third-order valence-corrected chi connectivity index (χ3v) is 4.97. The average Bonchev–Trinajstić information content (AvgIpc) is 2.36. The number of hydrogen-bond donors (Lipinski definition) is 1. The first-order valence-electron chi connectivity index (χ1n) is 7.36. The molecule has 3 nitrogen and oxygen atoms in total. The van der Waals surface area contributed by atoms with Crippen molar-refractivity contribution < 1.29 is 9.90 Å². The van der Waals surface area contributed by atoms with Crippen LogP contribution in [0.15, 0.2) is 0 Å². The Balaban J connectivity index is 2.49. The van der Waals surface area contributed by atoms with E-state index in [-0.39, 0.29) is 6.54 Å². The van der Waals surface area contributed by atoms with Crippen molar-refractivity contribution in [2.75, 3.05) is 13.1 Å². The monoisotopic (exact) mass is 255 g/mol. The molecule has 1 aliphatic rings. The molecule has 0 unspecified atom stereocenters. The molecule has 1 rings (SSSR count). The number of carboxylic acids is 1. The van der Waals surface area contributed by atoms with Crippen LogP contribution in [-0.2, 0) is 4.79 Å². The van der Waals surface area contributed by atoms with Crippen molar-refractivity contribution >= 4 is 5.97 Å². The first kappa shape index (κ1) is 15.5. The first-order chi connectivity index (χ1) is 8.40. The maximum atomic E-state index is 10.8. The molecule has 1 saturated carbocycles. The summed E-state index contributed by atoms with van der Waals surface area (Å²) >= 11 is 0. The minimum atomic E-state index is -0.701. The predicted molar refractivity (Wildman–Crippen MR) is 74.7 cm³/mol. The van der Waals surface area contributed by atoms with Crippen LogP contribution in [0.25, 0.3) is 0 Å². The molecular weight excluding hydrogens is 226 g/mol. The summed E-state index contributed by atoms with van der Waals surface area (Å²) in [5, 5.41) is 8.92. The normalized spacial score (nSPS) is 25.4. The maximum Gasteiger partial charge on any atom is 0.317 e. The van der Waals surface area contributed by atoms with Crippen LogP contribution >= 0.6 is 0 Å². The fraction of sp³-hybridized carbons (Fsp3) is 0.933. The second-order valence-electron chi connectivity index (χ2n) is 6.30. The van der Waals surface area contributed by atoms with Gasteiger partial charge in [0.15, 0.2) is 0 Å². The number of likely N-dealkylation sites (N-methyl/N-ethyl adjacent to an activating group) is 1. The summed E-state index contributed by atoms with van der Waals surface area (Å²) in [6, 6.07) is 0.481. The third-order valence-electron chi connectivity index (χ3n) is 4.97. The van der Waals surface area contributed by atoms with Crippen LogP contribution in [0.5, 0.6) is 0 Å². The van der Waals surface area contributed by atoms with E-state index in [4.69, 9.17) is 5.11 Å². The molecule has 0 spiro atoms. The van der Waals surface area contributed by atoms with Crippen molar-refractivity contribution in [3.05, 3.63) is 0 Å². The Morgan fingerprint density at radius 2 is 1.78 bits per heavy atom. The van der Waals surface area contributed by atoms with Gasteiger partial charge in [-0.3, -0.25) is 9.69 Å². The molecule has 0 bridgehead atoms. The van der Waals surface area contributed by atoms with Crippen LogP contribution in [-0.4, -0.2) is 35.1 Å². The number of carboxylic acid groups (broad SMARTS) is 1. The molecule has 106 valence electrons. The Bertz CT molecular complexity index is 268. The SMILES string of the molecule is CCN(CC(=O)O)C1CCC(C(C)(C)CC)CC1. The third kappa shape index (κ3) is 3.98. The quantitative estimate of drug-likeness (QED) is 0.791. The lowest BCUT2D eigenvalue weighted by Crippen LogP contribution is -2.42. The van der Waals surface area contributed by atoms with Crippen LogP contribution in [0.3, 0.4) is 0 Å². The Kier molecular flexibility index (Phi) is 5.64. The number of carbonyl (C=O) groups is 1. The minimum absolute atomic E-state index is 0.197. The van der Waals surface area contributed by atoms with Crippen molar-refractivity contribution in [3.8, 4) is 0 Å². The van der Waals surface area contributed by atoms with Crippen molar-refractivity contribution in [1.29, 1.82) is 0 Å². The molecule has 0 atom stereocenters. The molecule has 0 aromatic rings. The molecule has 1 N–H and O–H groups in total. The molecule has 0 heterocycles. The van der Waals surface area contributed by atoms with Gasteiger partial charge in [0.2, 0.25) is 0 Å². The second-order valence-corrected chi connectivity index (χ2v) is 6.30. The fourth-order valence-corrected chi connectivity index (χ4v) is 3.18. The van der Waals surface area contributed by atoms with Crippen LogP contribution < -0.4 is 0 Å². The van der Waals surface area contributed by atoms with Crippen molar-refractivity contribution in [1.82, 2.24) is 4.90 Å². The highest BCUT2D eigenvalue weighted by molar-refractivity contribution is 5.69. The van der Waals surface area contributed by atoms with Gasteiger partial charge in [-0.1, -0.05) is 34.1 Å². The molecule has 0 aromatic heterocycles. The van der Waals surface area contributed by atoms with Gasteiger partial charge in [0.05, 0.1) is 6.54 Å². The van der Waals surface area contributed by atoms with Crippen molar-refractivity contribution in [2.45, 2.75) is 65.8 Å². The standard InChI is InChI=1S/C15H29NO2/c1-5-15(3,4)12-7-9-13(10-8-12)16(6-2)11-14(17)18/h12-13H,5-11H2,1-4H3,(H,17,18). The van der Waals surface area contributed by atoms with E-state index in [2.05, 4.69) is 32.6 Å². The van der Waals surface area contributed by atoms with Gasteiger partial charge in [-0.15, -0.1) is 0 Å². The highest BCUT2D eigenvalue weighted by atomic mass is 16.4. The zero-order chi connectivity index (χ0) is 13.8. The number of aliphatic carboxylic acids is 1. The molecule has 0 aromatic carbocycles. The summed E-state index contributed by atoms with van der Waals surface area (Å²) in [5.74, 6) is 0.107. The van der Waals surface area contributed by atoms with Gasteiger partial charge in [0.25, 0.3) is 0 Å². The van der Waals surface area contributed by atoms with Crippen molar-refractivity contribution in [2.24, 2.45) is 11.3 Å². The Labute approximate surface area is 112 Å². The van der Waals surface area contributed by atoms with Crippen LogP contribution in [0.1, 0.15) is 59.8 Å². The Morgan fingerprint density at radius 3 is 2.17 bits per heavy atom. The van der Waals surface area contributed by atoms with Crippen molar-refractivity contribution in [3.63, 3.8) is 0 Å². The highest BCUT2D eigenvalue weighted by Crippen LogP contribution is 2.41. The molecule has 0 saturated heterocycles. The van der Waals surface area contributed by atoms with E-state index in [1.165, 1.54) is 19.3 Å². The van der Waals surface area contributed by atoms with Crippen LogP contribution in [0.2, 0.25) is 0 Å². The molecule has 3 heteroatoms. The predicted octanol–water partition coefficient (Wildman–Crippen LogP) is 3.39. The summed E-state index contributed by atoms with van der Waals surface area (Å²) in [6.45, 7) is 10.1. The molecule has 18 heavy (non-hydrogen) atoms. The Hall–Kier alpha value is -0.570. The fourth-order valence-electron chi connectivity index (χ4n) is 3.18. The lowest BCUT2D eigenvalue weighted by Gasteiger charge is -2.41. The number of rotatable bonds is 6. The molecule has 0 radical (unpaired) electrons. The summed E-state index contributed by atoms with van der Waals surface area (Å²) in [5.41, 5.74) is 0.439. The van der Waals surface area contributed by atoms with Gasteiger partial charge >= 0.3 is 5.97 Å². The number of nitrogens with zero attached hydrogens (tertiary/aromatic N) is 1. The average molecular weight is 255 g/mol. The van der Waals surface area contributed by atoms with E-state index >= 15 is 0 Å². The molecule has 1 aliphatic carbocycles. The van der Waals surface area contributed by atoms with E-state index in [1.807, 2.05) is 0 Å². The van der Waals surface area contributed by atoms with Crippen LogP contribution in [0.4, 0.5) is 0 Å². The topological polar surface area (TPSA) is 40.5 Å².